The smallest absolute Gasteiger partial charge is 0.323 e. The summed E-state index contributed by atoms with van der Waals surface area (Å²) >= 11 is 0. The number of carbonyl (C=O) groups is 1. The summed E-state index contributed by atoms with van der Waals surface area (Å²) in [5.74, 6) is -0.0737. The van der Waals surface area contributed by atoms with Crippen LogP contribution >= 0.6 is 0 Å². The van der Waals surface area contributed by atoms with Crippen LogP contribution in [0, 0.1) is 0 Å². The van der Waals surface area contributed by atoms with Gasteiger partial charge < -0.3 is 21.1 Å². The van der Waals surface area contributed by atoms with Gasteiger partial charge in [0.25, 0.3) is 0 Å². The number of aliphatic hydroxyl groups is 2. The van der Waals surface area contributed by atoms with E-state index < -0.39 is 18.2 Å². The summed E-state index contributed by atoms with van der Waals surface area (Å²) in [5, 5.41) is 30.3. The molecule has 0 radical (unpaired) electrons. The van der Waals surface area contributed by atoms with Gasteiger partial charge in [0.2, 0.25) is 0 Å². The summed E-state index contributed by atoms with van der Waals surface area (Å²) in [4.78, 5) is 13.1. The molecule has 0 bridgehead atoms. The first-order valence-electron chi connectivity index (χ1n) is 6.38. The summed E-state index contributed by atoms with van der Waals surface area (Å²) in [5.41, 5.74) is 6.81. The van der Waals surface area contributed by atoms with Gasteiger partial charge in [0.05, 0.1) is 11.4 Å². The molecule has 6 nitrogen and oxygen atoms in total. The summed E-state index contributed by atoms with van der Waals surface area (Å²) in [6.07, 6.45) is -2.51. The van der Waals surface area contributed by atoms with Gasteiger partial charge in [-0.1, -0.05) is 18.2 Å². The van der Waals surface area contributed by atoms with Crippen molar-refractivity contribution in [3.63, 3.8) is 0 Å². The maximum atomic E-state index is 11.9. The largest absolute Gasteiger partial charge is 0.508 e. The number of nitrogens with two attached hydrogens (primary N) is 1. The molecule has 1 aliphatic rings. The average Bonchev–Trinajstić information content (AvgIpc) is 2.55. The number of carbonyl (C=O) groups excluding carboxylic acids is 1. The van der Waals surface area contributed by atoms with Gasteiger partial charge in [-0.05, 0) is 24.3 Å². The first kappa shape index (κ1) is 13.4. The molecule has 2 aromatic rings. The Balaban J connectivity index is 2.34. The SMILES string of the molecule is NC(=O)N1c2ccccc2C(O)C(O)c2cc(O)ccc21. The number of nitrogens with zero attached hydrogens (tertiary/aromatic N) is 1. The Hall–Kier alpha value is -2.57. The fraction of sp³-hybridized carbons (Fsp3) is 0.133. The molecule has 5 N–H and O–H groups in total. The fourth-order valence-electron chi connectivity index (χ4n) is 2.63. The minimum atomic E-state index is -1.28. The second-order valence-electron chi connectivity index (χ2n) is 4.87. The molecule has 1 aliphatic heterocycles. The molecule has 0 fully saturated rings. The predicted octanol–water partition coefficient (Wildman–Crippen LogP) is 1.69. The van der Waals surface area contributed by atoms with E-state index in [2.05, 4.69) is 0 Å². The molecule has 0 aromatic heterocycles. The number of amides is 2. The molecule has 0 saturated carbocycles. The number of phenols is 1. The van der Waals surface area contributed by atoms with E-state index in [1.807, 2.05) is 0 Å². The molecule has 2 aromatic carbocycles. The zero-order chi connectivity index (χ0) is 15.1. The topological polar surface area (TPSA) is 107 Å². The minimum absolute atomic E-state index is 0.0737. The molecule has 0 spiro atoms. The highest BCUT2D eigenvalue weighted by molar-refractivity contribution is 6.00. The standard InChI is InChI=1S/C15H14N2O4/c16-15(21)17-11-4-2-1-3-9(11)13(19)14(20)10-7-8(18)5-6-12(10)17/h1-7,13-14,18-20H,(H2,16,21). The van der Waals surface area contributed by atoms with Gasteiger partial charge in [-0.2, -0.15) is 0 Å². The van der Waals surface area contributed by atoms with Crippen LogP contribution in [0.15, 0.2) is 42.5 Å². The Bertz CT molecular complexity index is 717. The number of hydrogen-bond acceptors (Lipinski definition) is 4. The molecule has 21 heavy (non-hydrogen) atoms. The van der Waals surface area contributed by atoms with E-state index in [4.69, 9.17) is 5.73 Å². The number of phenolic OH excluding ortho intramolecular Hbond substituents is 1. The molecule has 2 atom stereocenters. The van der Waals surface area contributed by atoms with E-state index in [9.17, 15) is 20.1 Å². The van der Waals surface area contributed by atoms with Crippen LogP contribution in [0.2, 0.25) is 0 Å². The lowest BCUT2D eigenvalue weighted by molar-refractivity contribution is 0.0187. The van der Waals surface area contributed by atoms with Crippen molar-refractivity contribution >= 4 is 17.4 Å². The molecule has 2 unspecified atom stereocenters. The monoisotopic (exact) mass is 286 g/mol. The number of primary amides is 1. The number of hydrogen-bond donors (Lipinski definition) is 4. The predicted molar refractivity (Wildman–Crippen MR) is 76.2 cm³/mol. The van der Waals surface area contributed by atoms with Gasteiger partial charge in [-0.25, -0.2) is 4.79 Å². The van der Waals surface area contributed by atoms with E-state index in [0.717, 1.165) is 0 Å². The van der Waals surface area contributed by atoms with Crippen LogP contribution in [0.5, 0.6) is 5.75 Å². The number of anilines is 2. The van der Waals surface area contributed by atoms with Crippen molar-refractivity contribution in [3.05, 3.63) is 53.6 Å². The van der Waals surface area contributed by atoms with E-state index in [1.165, 1.54) is 23.1 Å². The van der Waals surface area contributed by atoms with Crippen LogP contribution in [0.25, 0.3) is 0 Å². The lowest BCUT2D eigenvalue weighted by Crippen LogP contribution is -2.32. The molecule has 1 heterocycles. The average molecular weight is 286 g/mol. The highest BCUT2D eigenvalue weighted by atomic mass is 16.3. The van der Waals surface area contributed by atoms with Crippen molar-refractivity contribution in [1.82, 2.24) is 0 Å². The van der Waals surface area contributed by atoms with Crippen LogP contribution in [0.1, 0.15) is 23.3 Å². The highest BCUT2D eigenvalue weighted by Crippen LogP contribution is 2.45. The van der Waals surface area contributed by atoms with Crippen LogP contribution in [-0.2, 0) is 0 Å². The first-order chi connectivity index (χ1) is 10.0. The number of para-hydroxylation sites is 1. The molecule has 0 aliphatic carbocycles. The third-order valence-electron chi connectivity index (χ3n) is 3.59. The van der Waals surface area contributed by atoms with E-state index >= 15 is 0 Å². The minimum Gasteiger partial charge on any atom is -0.508 e. The summed E-state index contributed by atoms with van der Waals surface area (Å²) in [6.45, 7) is 0. The Labute approximate surface area is 120 Å². The lowest BCUT2D eigenvalue weighted by Gasteiger charge is -2.22. The van der Waals surface area contributed by atoms with Crippen molar-refractivity contribution in [2.45, 2.75) is 12.2 Å². The van der Waals surface area contributed by atoms with E-state index in [1.54, 1.807) is 24.3 Å². The normalized spacial score (nSPS) is 20.4. The van der Waals surface area contributed by atoms with Crippen LogP contribution in [-0.4, -0.2) is 21.4 Å². The van der Waals surface area contributed by atoms with Gasteiger partial charge in [-0.3, -0.25) is 4.90 Å². The Kier molecular flexibility index (Phi) is 3.04. The molecule has 108 valence electrons. The van der Waals surface area contributed by atoms with Crippen molar-refractivity contribution < 1.29 is 20.1 Å². The molecular formula is C15H14N2O4. The van der Waals surface area contributed by atoms with E-state index in [-0.39, 0.29) is 11.3 Å². The quantitative estimate of drug-likeness (QED) is 0.591. The number of fused-ring (bicyclic) bond motifs is 2. The maximum absolute atomic E-state index is 11.9. The van der Waals surface area contributed by atoms with Crippen LogP contribution < -0.4 is 10.6 Å². The maximum Gasteiger partial charge on any atom is 0.323 e. The third-order valence-corrected chi connectivity index (χ3v) is 3.59. The third kappa shape index (κ3) is 2.01. The van der Waals surface area contributed by atoms with Gasteiger partial charge >= 0.3 is 6.03 Å². The number of benzene rings is 2. The van der Waals surface area contributed by atoms with Crippen molar-refractivity contribution in [2.75, 3.05) is 4.90 Å². The number of rotatable bonds is 0. The lowest BCUT2D eigenvalue weighted by atomic mass is 9.98. The Morgan fingerprint density at radius 3 is 2.33 bits per heavy atom. The summed E-state index contributed by atoms with van der Waals surface area (Å²) < 4.78 is 0. The summed E-state index contributed by atoms with van der Waals surface area (Å²) in [6, 6.07) is 10.1. The molecule has 0 saturated heterocycles. The summed E-state index contributed by atoms with van der Waals surface area (Å²) in [7, 11) is 0. The zero-order valence-electron chi connectivity index (χ0n) is 11.0. The molecule has 2 amide bonds. The first-order valence-corrected chi connectivity index (χ1v) is 6.38. The van der Waals surface area contributed by atoms with Crippen LogP contribution in [0.3, 0.4) is 0 Å². The van der Waals surface area contributed by atoms with Gasteiger partial charge in [-0.15, -0.1) is 0 Å². The molecule has 6 heteroatoms. The second kappa shape index (κ2) is 4.76. The van der Waals surface area contributed by atoms with E-state index in [0.29, 0.717) is 16.9 Å². The fourth-order valence-corrected chi connectivity index (χ4v) is 2.63. The van der Waals surface area contributed by atoms with Gasteiger partial charge in [0, 0.05) is 11.1 Å². The molecular weight excluding hydrogens is 272 g/mol. The van der Waals surface area contributed by atoms with Crippen molar-refractivity contribution in [1.29, 1.82) is 0 Å². The molecule has 3 rings (SSSR count). The highest BCUT2D eigenvalue weighted by Gasteiger charge is 2.34. The van der Waals surface area contributed by atoms with Gasteiger partial charge in [0.15, 0.2) is 0 Å². The Morgan fingerprint density at radius 2 is 1.62 bits per heavy atom. The van der Waals surface area contributed by atoms with Crippen molar-refractivity contribution in [3.8, 4) is 5.75 Å². The van der Waals surface area contributed by atoms with Crippen LogP contribution in [0.4, 0.5) is 16.2 Å². The number of aliphatic hydroxyl groups excluding tert-OH is 2. The number of urea groups is 1. The zero-order valence-corrected chi connectivity index (χ0v) is 11.0. The Morgan fingerprint density at radius 1 is 1.00 bits per heavy atom. The van der Waals surface area contributed by atoms with Gasteiger partial charge in [0.1, 0.15) is 18.0 Å². The number of aromatic hydroxyl groups is 1. The second-order valence-corrected chi connectivity index (χ2v) is 4.87. The van der Waals surface area contributed by atoms with Crippen molar-refractivity contribution in [2.24, 2.45) is 5.73 Å².